The quantitative estimate of drug-likeness (QED) is 0.772. The molecule has 0 bridgehead atoms. The zero-order chi connectivity index (χ0) is 17.8. The van der Waals surface area contributed by atoms with Crippen LogP contribution in [0.25, 0.3) is 0 Å². The molecule has 0 aromatic carbocycles. The fraction of sp³-hybridized carbons (Fsp3) is 0.667. The van der Waals surface area contributed by atoms with Crippen LogP contribution in [0.4, 0.5) is 0 Å². The van der Waals surface area contributed by atoms with Gasteiger partial charge in [-0.05, 0) is 37.7 Å². The second-order valence-electron chi connectivity index (χ2n) is 7.63. The maximum atomic E-state index is 12.6. The zero-order valence-electron chi connectivity index (χ0n) is 15.2. The molecule has 0 aromatic rings. The Morgan fingerprint density at radius 1 is 1.24 bits per heavy atom. The van der Waals surface area contributed by atoms with Gasteiger partial charge in [-0.3, -0.25) is 0 Å². The predicted octanol–water partition coefficient (Wildman–Crippen LogP) is 2.75. The summed E-state index contributed by atoms with van der Waals surface area (Å²) in [6.45, 7) is 0. The van der Waals surface area contributed by atoms with Gasteiger partial charge in [0.05, 0.1) is 11.1 Å². The SMILES string of the molecule is CN(C)S(=O)(=O)N(C)C1CC23CCCCC2=CN2C=CCCC2=C3O1. The van der Waals surface area contributed by atoms with E-state index in [1.807, 2.05) is 0 Å². The van der Waals surface area contributed by atoms with Crippen LogP contribution in [0.15, 0.2) is 35.5 Å². The fourth-order valence-electron chi connectivity index (χ4n) is 4.60. The monoisotopic (exact) mass is 365 g/mol. The Bertz CT molecular complexity index is 768. The molecule has 2 unspecified atom stereocenters. The molecule has 0 amide bonds. The summed E-state index contributed by atoms with van der Waals surface area (Å²) >= 11 is 0. The average molecular weight is 365 g/mol. The van der Waals surface area contributed by atoms with E-state index < -0.39 is 16.4 Å². The highest BCUT2D eigenvalue weighted by Gasteiger charge is 2.54. The second kappa shape index (κ2) is 5.86. The van der Waals surface area contributed by atoms with Crippen molar-refractivity contribution in [1.82, 2.24) is 13.5 Å². The highest BCUT2D eigenvalue weighted by atomic mass is 32.2. The Balaban J connectivity index is 1.75. The molecule has 138 valence electrons. The maximum Gasteiger partial charge on any atom is 0.284 e. The van der Waals surface area contributed by atoms with Crippen LogP contribution >= 0.6 is 0 Å². The first-order valence-corrected chi connectivity index (χ1v) is 10.5. The zero-order valence-corrected chi connectivity index (χ0v) is 16.1. The van der Waals surface area contributed by atoms with Crippen molar-refractivity contribution in [2.24, 2.45) is 5.41 Å². The van der Waals surface area contributed by atoms with Gasteiger partial charge in [-0.1, -0.05) is 12.5 Å². The Morgan fingerprint density at radius 2 is 2.04 bits per heavy atom. The summed E-state index contributed by atoms with van der Waals surface area (Å²) in [4.78, 5) is 2.20. The largest absolute Gasteiger partial charge is 0.476 e. The fourth-order valence-corrected chi connectivity index (χ4v) is 5.53. The van der Waals surface area contributed by atoms with Gasteiger partial charge in [0.15, 0.2) is 6.23 Å². The molecule has 1 aliphatic carbocycles. The molecular formula is C18H27N3O3S. The first-order valence-electron chi connectivity index (χ1n) is 9.08. The Kier molecular flexibility index (Phi) is 4.01. The summed E-state index contributed by atoms with van der Waals surface area (Å²) < 4.78 is 34.2. The van der Waals surface area contributed by atoms with Crippen molar-refractivity contribution in [3.8, 4) is 0 Å². The number of rotatable bonds is 3. The lowest BCUT2D eigenvalue weighted by Gasteiger charge is -2.42. The van der Waals surface area contributed by atoms with E-state index in [9.17, 15) is 8.42 Å². The summed E-state index contributed by atoms with van der Waals surface area (Å²) in [6.07, 6.45) is 13.3. The van der Waals surface area contributed by atoms with Gasteiger partial charge in [0, 0.05) is 40.0 Å². The molecule has 4 aliphatic rings. The number of ether oxygens (including phenoxy) is 1. The van der Waals surface area contributed by atoms with Crippen LogP contribution in [0.2, 0.25) is 0 Å². The minimum atomic E-state index is -3.50. The van der Waals surface area contributed by atoms with Crippen LogP contribution in [0.5, 0.6) is 0 Å². The molecule has 1 spiro atoms. The lowest BCUT2D eigenvalue weighted by atomic mass is 9.66. The third-order valence-electron chi connectivity index (χ3n) is 6.04. The topological polar surface area (TPSA) is 53.1 Å². The van der Waals surface area contributed by atoms with E-state index >= 15 is 0 Å². The normalized spacial score (nSPS) is 31.6. The van der Waals surface area contributed by atoms with Gasteiger partial charge in [-0.2, -0.15) is 17.0 Å². The number of nitrogens with zero attached hydrogens (tertiary/aromatic N) is 3. The number of allylic oxidation sites excluding steroid dienone is 3. The molecule has 0 radical (unpaired) electrons. The van der Waals surface area contributed by atoms with Gasteiger partial charge < -0.3 is 9.64 Å². The van der Waals surface area contributed by atoms with Crippen molar-refractivity contribution in [1.29, 1.82) is 0 Å². The molecule has 3 heterocycles. The smallest absolute Gasteiger partial charge is 0.284 e. The standard InChI is InChI=1S/C18H27N3O3S/c1-19(2)25(22,23)20(3)16-12-18-10-6-4-8-14(18)13-21-11-7-5-9-15(21)17(18)24-16/h7,11,13,16H,4-6,8-10,12H2,1-3H3. The Hall–Kier alpha value is -1.31. The lowest BCUT2D eigenvalue weighted by molar-refractivity contribution is 0.0675. The molecule has 3 aliphatic heterocycles. The summed E-state index contributed by atoms with van der Waals surface area (Å²) in [6, 6.07) is 0. The van der Waals surface area contributed by atoms with Crippen LogP contribution in [-0.4, -0.2) is 49.3 Å². The predicted molar refractivity (Wildman–Crippen MR) is 96.1 cm³/mol. The summed E-state index contributed by atoms with van der Waals surface area (Å²) in [5.41, 5.74) is 2.52. The highest BCUT2D eigenvalue weighted by molar-refractivity contribution is 7.86. The number of fused-ring (bicyclic) bond motifs is 1. The van der Waals surface area contributed by atoms with Crippen LogP contribution < -0.4 is 0 Å². The minimum absolute atomic E-state index is 0.101. The molecule has 1 saturated heterocycles. The van der Waals surface area contributed by atoms with Crippen LogP contribution in [0.1, 0.15) is 44.9 Å². The van der Waals surface area contributed by atoms with Gasteiger partial charge >= 0.3 is 0 Å². The third-order valence-corrected chi connectivity index (χ3v) is 7.93. The summed E-state index contributed by atoms with van der Waals surface area (Å²) in [5, 5.41) is 0. The van der Waals surface area contributed by atoms with Crippen LogP contribution in [0, 0.1) is 5.41 Å². The number of hydrogen-bond acceptors (Lipinski definition) is 4. The van der Waals surface area contributed by atoms with E-state index in [0.29, 0.717) is 0 Å². The van der Waals surface area contributed by atoms with E-state index in [4.69, 9.17) is 4.74 Å². The van der Waals surface area contributed by atoms with E-state index in [2.05, 4.69) is 23.4 Å². The van der Waals surface area contributed by atoms with E-state index in [0.717, 1.165) is 37.9 Å². The van der Waals surface area contributed by atoms with Crippen molar-refractivity contribution >= 4 is 10.2 Å². The van der Waals surface area contributed by atoms with Gasteiger partial charge in [0.25, 0.3) is 10.2 Å². The third kappa shape index (κ3) is 2.47. The summed E-state index contributed by atoms with van der Waals surface area (Å²) in [7, 11) is 1.25. The van der Waals surface area contributed by atoms with Crippen LogP contribution in [-0.2, 0) is 14.9 Å². The van der Waals surface area contributed by atoms with Crippen molar-refractivity contribution in [3.05, 3.63) is 35.5 Å². The average Bonchev–Trinajstić information content (AvgIpc) is 2.98. The maximum absolute atomic E-state index is 12.6. The Labute approximate surface area is 150 Å². The molecule has 2 atom stereocenters. The molecule has 0 N–H and O–H groups in total. The molecule has 4 rings (SSSR count). The van der Waals surface area contributed by atoms with Gasteiger partial charge in [0.1, 0.15) is 5.76 Å². The second-order valence-corrected chi connectivity index (χ2v) is 9.84. The molecular weight excluding hydrogens is 338 g/mol. The molecule has 7 heteroatoms. The first kappa shape index (κ1) is 17.1. The lowest BCUT2D eigenvalue weighted by Crippen LogP contribution is -2.43. The van der Waals surface area contributed by atoms with Crippen LogP contribution in [0.3, 0.4) is 0 Å². The number of hydrogen-bond donors (Lipinski definition) is 0. The first-order chi connectivity index (χ1) is 11.9. The molecule has 0 aromatic heterocycles. The summed E-state index contributed by atoms with van der Waals surface area (Å²) in [5.74, 6) is 1.03. The highest BCUT2D eigenvalue weighted by Crippen LogP contribution is 2.59. The van der Waals surface area contributed by atoms with Crippen molar-refractivity contribution < 1.29 is 13.2 Å². The van der Waals surface area contributed by atoms with Crippen molar-refractivity contribution in [3.63, 3.8) is 0 Å². The van der Waals surface area contributed by atoms with Crippen molar-refractivity contribution in [2.45, 2.75) is 51.2 Å². The molecule has 25 heavy (non-hydrogen) atoms. The molecule has 1 saturated carbocycles. The van der Waals surface area contributed by atoms with E-state index in [1.165, 1.54) is 32.7 Å². The van der Waals surface area contributed by atoms with E-state index in [-0.39, 0.29) is 5.41 Å². The van der Waals surface area contributed by atoms with Crippen molar-refractivity contribution in [2.75, 3.05) is 21.1 Å². The van der Waals surface area contributed by atoms with Gasteiger partial charge in [-0.25, -0.2) is 0 Å². The van der Waals surface area contributed by atoms with Gasteiger partial charge in [-0.15, -0.1) is 0 Å². The molecule has 6 nitrogen and oxygen atoms in total. The minimum Gasteiger partial charge on any atom is -0.476 e. The Morgan fingerprint density at radius 3 is 2.80 bits per heavy atom. The van der Waals surface area contributed by atoms with Gasteiger partial charge in [0.2, 0.25) is 0 Å². The molecule has 2 fully saturated rings. The van der Waals surface area contributed by atoms with E-state index in [1.54, 1.807) is 21.1 Å².